The van der Waals surface area contributed by atoms with Crippen LogP contribution in [-0.4, -0.2) is 57.6 Å². The van der Waals surface area contributed by atoms with E-state index in [-0.39, 0.29) is 18.6 Å². The Morgan fingerprint density at radius 3 is 2.46 bits per heavy atom. The molecule has 150 valence electrons. The number of fused-ring (bicyclic) bond motifs is 2. The van der Waals surface area contributed by atoms with E-state index < -0.39 is 42.1 Å². The molecule has 5 unspecified atom stereocenters. The first-order valence-electron chi connectivity index (χ1n) is 8.84. The minimum Gasteiger partial charge on any atom is -0.393 e. The van der Waals surface area contributed by atoms with Crippen molar-refractivity contribution in [3.05, 3.63) is 70.0 Å². The summed E-state index contributed by atoms with van der Waals surface area (Å²) in [7, 11) is 0. The maximum absolute atomic E-state index is 14.4. The highest BCUT2D eigenvalue weighted by molar-refractivity contribution is 6.30. The Kier molecular flexibility index (Phi) is 4.96. The summed E-state index contributed by atoms with van der Waals surface area (Å²) in [5.74, 6) is -2.27. The molecule has 5 atom stereocenters. The molecule has 0 radical (unpaired) electrons. The fourth-order valence-electron chi connectivity index (χ4n) is 3.82. The molecular weight excluding hydrogens is 391 g/mol. The van der Waals surface area contributed by atoms with Gasteiger partial charge in [-0.3, -0.25) is 0 Å². The minimum absolute atomic E-state index is 0.233. The molecule has 4 N–H and O–H groups in total. The van der Waals surface area contributed by atoms with E-state index in [1.165, 1.54) is 18.2 Å². The van der Waals surface area contributed by atoms with Crippen LogP contribution in [0.25, 0.3) is 0 Å². The van der Waals surface area contributed by atoms with Crippen molar-refractivity contribution >= 4 is 11.6 Å². The van der Waals surface area contributed by atoms with Crippen molar-refractivity contribution in [2.24, 2.45) is 0 Å². The van der Waals surface area contributed by atoms with Crippen LogP contribution in [0.2, 0.25) is 5.02 Å². The van der Waals surface area contributed by atoms with Crippen molar-refractivity contribution in [1.82, 2.24) is 0 Å². The Morgan fingerprint density at radius 2 is 1.79 bits per heavy atom. The van der Waals surface area contributed by atoms with Crippen LogP contribution in [0.5, 0.6) is 0 Å². The van der Waals surface area contributed by atoms with E-state index in [9.17, 15) is 24.8 Å². The maximum atomic E-state index is 14.4. The van der Waals surface area contributed by atoms with Crippen LogP contribution in [-0.2, 0) is 21.7 Å². The topological polar surface area (TPSA) is 99.4 Å². The number of benzene rings is 2. The van der Waals surface area contributed by atoms with Gasteiger partial charge in [0, 0.05) is 17.0 Å². The number of aliphatic hydroxyl groups is 4. The average molecular weight is 411 g/mol. The van der Waals surface area contributed by atoms with Gasteiger partial charge in [-0.1, -0.05) is 29.8 Å². The smallest absolute Gasteiger partial charge is 0.225 e. The van der Waals surface area contributed by atoms with Gasteiger partial charge in [0.05, 0.1) is 13.2 Å². The highest BCUT2D eigenvalue weighted by atomic mass is 35.5. The number of halogens is 2. The van der Waals surface area contributed by atoms with Crippen LogP contribution < -0.4 is 0 Å². The second-order valence-corrected chi connectivity index (χ2v) is 7.71. The molecular formula is C20H20ClFO6. The molecule has 6 nitrogen and oxygen atoms in total. The predicted molar refractivity (Wildman–Crippen MR) is 97.2 cm³/mol. The van der Waals surface area contributed by atoms with Gasteiger partial charge in [-0.05, 0) is 35.4 Å². The lowest BCUT2D eigenvalue weighted by atomic mass is 9.83. The second-order valence-electron chi connectivity index (χ2n) is 7.27. The standard InChI is InChI=1S/C20H20ClFO6/c21-14-4-1-11(2-5-14)7-12-8-13(3-6-15(12)22)20-18(26)16(24)17(25)19(9-23,28-20)10-27-20/h1-6,8,16-18,23-26H,7,9-10H2. The third-order valence-electron chi connectivity index (χ3n) is 5.48. The predicted octanol–water partition coefficient (Wildman–Crippen LogP) is 1.10. The average Bonchev–Trinajstić information content (AvgIpc) is 3.08. The zero-order valence-corrected chi connectivity index (χ0v) is 15.5. The first kappa shape index (κ1) is 19.7. The van der Waals surface area contributed by atoms with Gasteiger partial charge >= 0.3 is 0 Å². The number of aliphatic hydroxyl groups excluding tert-OH is 4. The van der Waals surface area contributed by atoms with Gasteiger partial charge in [0.1, 0.15) is 29.7 Å². The van der Waals surface area contributed by atoms with Crippen LogP contribution in [0.15, 0.2) is 42.5 Å². The summed E-state index contributed by atoms with van der Waals surface area (Å²) < 4.78 is 25.9. The fourth-order valence-corrected chi connectivity index (χ4v) is 3.95. The van der Waals surface area contributed by atoms with Crippen LogP contribution >= 0.6 is 11.6 Å². The van der Waals surface area contributed by atoms with E-state index in [2.05, 4.69) is 0 Å². The molecule has 4 rings (SSSR count). The highest BCUT2D eigenvalue weighted by Gasteiger charge is 2.67. The Morgan fingerprint density at radius 1 is 1.07 bits per heavy atom. The summed E-state index contributed by atoms with van der Waals surface area (Å²) in [5, 5.41) is 41.3. The largest absolute Gasteiger partial charge is 0.393 e. The number of rotatable bonds is 4. The molecule has 0 saturated carbocycles. The molecule has 2 bridgehead atoms. The fraction of sp³-hybridized carbons (Fsp3) is 0.400. The van der Waals surface area contributed by atoms with Gasteiger partial charge in [-0.2, -0.15) is 0 Å². The Hall–Kier alpha value is -1.58. The third-order valence-corrected chi connectivity index (χ3v) is 5.74. The molecule has 2 heterocycles. The molecule has 2 aromatic rings. The van der Waals surface area contributed by atoms with Gasteiger partial charge in [-0.25, -0.2) is 4.39 Å². The Bertz CT molecular complexity index is 877. The summed E-state index contributed by atoms with van der Waals surface area (Å²) in [4.78, 5) is 0. The highest BCUT2D eigenvalue weighted by Crippen LogP contribution is 2.49. The van der Waals surface area contributed by atoms with E-state index >= 15 is 0 Å². The first-order chi connectivity index (χ1) is 13.3. The van der Waals surface area contributed by atoms with E-state index in [1.807, 2.05) is 0 Å². The van der Waals surface area contributed by atoms with Gasteiger partial charge in [0.15, 0.2) is 0 Å². The molecule has 2 aliphatic rings. The van der Waals surface area contributed by atoms with Crippen molar-refractivity contribution < 1.29 is 34.3 Å². The molecule has 2 aromatic carbocycles. The van der Waals surface area contributed by atoms with Crippen molar-refractivity contribution in [2.75, 3.05) is 13.2 Å². The summed E-state index contributed by atoms with van der Waals surface area (Å²) in [6.07, 6.45) is -4.50. The molecule has 0 amide bonds. The summed E-state index contributed by atoms with van der Waals surface area (Å²) in [6, 6.07) is 11.1. The first-order valence-corrected chi connectivity index (χ1v) is 9.22. The van der Waals surface area contributed by atoms with Gasteiger partial charge < -0.3 is 29.9 Å². The van der Waals surface area contributed by atoms with Gasteiger partial charge in [0.25, 0.3) is 0 Å². The monoisotopic (exact) mass is 410 g/mol. The summed E-state index contributed by atoms with van der Waals surface area (Å²) in [6.45, 7) is -0.846. The second kappa shape index (κ2) is 7.03. The molecule has 28 heavy (non-hydrogen) atoms. The van der Waals surface area contributed by atoms with Gasteiger partial charge in [-0.15, -0.1) is 0 Å². The zero-order valence-electron chi connectivity index (χ0n) is 14.8. The van der Waals surface area contributed by atoms with E-state index in [1.54, 1.807) is 24.3 Å². The van der Waals surface area contributed by atoms with Crippen LogP contribution in [0.1, 0.15) is 16.7 Å². The van der Waals surface area contributed by atoms with E-state index in [0.717, 1.165) is 5.56 Å². The van der Waals surface area contributed by atoms with Gasteiger partial charge in [0.2, 0.25) is 5.79 Å². The van der Waals surface area contributed by atoms with Crippen molar-refractivity contribution in [2.45, 2.75) is 36.1 Å². The molecule has 2 aliphatic heterocycles. The van der Waals surface area contributed by atoms with E-state index in [4.69, 9.17) is 21.1 Å². The quantitative estimate of drug-likeness (QED) is 0.602. The van der Waals surface area contributed by atoms with Crippen LogP contribution in [0, 0.1) is 5.82 Å². The van der Waals surface area contributed by atoms with Crippen molar-refractivity contribution in [3.63, 3.8) is 0 Å². The minimum atomic E-state index is -1.82. The Labute approximate surface area is 165 Å². The maximum Gasteiger partial charge on any atom is 0.225 e. The molecule has 2 saturated heterocycles. The molecule has 8 heteroatoms. The Balaban J connectivity index is 1.72. The summed E-state index contributed by atoms with van der Waals surface area (Å²) in [5.41, 5.74) is -0.124. The van der Waals surface area contributed by atoms with Crippen LogP contribution in [0.4, 0.5) is 4.39 Å². The molecule has 2 fully saturated rings. The number of hydrogen-bond donors (Lipinski definition) is 4. The number of hydrogen-bond acceptors (Lipinski definition) is 6. The lowest BCUT2D eigenvalue weighted by molar-refractivity contribution is -0.329. The number of ether oxygens (including phenoxy) is 2. The van der Waals surface area contributed by atoms with Crippen molar-refractivity contribution in [1.29, 1.82) is 0 Å². The van der Waals surface area contributed by atoms with Crippen LogP contribution in [0.3, 0.4) is 0 Å². The lowest BCUT2D eigenvalue weighted by Crippen LogP contribution is -2.65. The molecule has 0 aliphatic carbocycles. The normalized spacial score (nSPS) is 34.6. The SMILES string of the molecule is OCC12COC(c3ccc(F)c(Cc4ccc(Cl)cc4)c3)(O1)C(O)C(O)C2O. The van der Waals surface area contributed by atoms with Crippen molar-refractivity contribution in [3.8, 4) is 0 Å². The molecule has 0 aromatic heterocycles. The summed E-state index contributed by atoms with van der Waals surface area (Å²) >= 11 is 5.88. The third kappa shape index (κ3) is 2.95. The lowest BCUT2D eigenvalue weighted by Gasteiger charge is -2.45. The van der Waals surface area contributed by atoms with E-state index in [0.29, 0.717) is 10.6 Å². The molecule has 0 spiro atoms. The zero-order chi connectivity index (χ0) is 20.1.